The predicted molar refractivity (Wildman–Crippen MR) is 121 cm³/mol. The Kier molecular flexibility index (Phi) is 5.76. The summed E-state index contributed by atoms with van der Waals surface area (Å²) >= 11 is 7.17. The summed E-state index contributed by atoms with van der Waals surface area (Å²) in [4.78, 5) is 16.1. The maximum Gasteiger partial charge on any atom is 0.267 e. The highest BCUT2D eigenvalue weighted by Crippen LogP contribution is 2.39. The number of benzene rings is 2. The Morgan fingerprint density at radius 3 is 2.81 bits per heavy atom. The van der Waals surface area contributed by atoms with Crippen LogP contribution in [0, 0.1) is 12.7 Å². The molecule has 0 radical (unpaired) electrons. The fourth-order valence-electron chi connectivity index (χ4n) is 3.62. The number of nitrogens with zero attached hydrogens (tertiary/aromatic N) is 2. The minimum atomic E-state index is -4.11. The van der Waals surface area contributed by atoms with Crippen LogP contribution in [0.1, 0.15) is 24.6 Å². The van der Waals surface area contributed by atoms with Gasteiger partial charge in [0.15, 0.2) is 10.9 Å². The number of carbonyl (C=O) groups excluding carboxylic acids is 1. The lowest BCUT2D eigenvalue weighted by molar-refractivity contribution is -0.114. The van der Waals surface area contributed by atoms with Crippen LogP contribution >= 0.6 is 22.9 Å². The van der Waals surface area contributed by atoms with E-state index in [2.05, 4.69) is 10.3 Å². The van der Waals surface area contributed by atoms with E-state index in [9.17, 15) is 17.6 Å². The molecule has 1 aliphatic rings. The lowest BCUT2D eigenvalue weighted by atomic mass is 10.00. The summed E-state index contributed by atoms with van der Waals surface area (Å²) in [6.45, 7) is 3.54. The Morgan fingerprint density at radius 1 is 1.29 bits per heavy atom. The van der Waals surface area contributed by atoms with E-state index in [1.165, 1.54) is 40.8 Å². The molecule has 0 fully saturated rings. The van der Waals surface area contributed by atoms with Gasteiger partial charge in [0.2, 0.25) is 5.91 Å². The summed E-state index contributed by atoms with van der Waals surface area (Å²) in [6.07, 6.45) is 1.31. The van der Waals surface area contributed by atoms with Crippen molar-refractivity contribution in [1.29, 1.82) is 0 Å². The zero-order valence-corrected chi connectivity index (χ0v) is 19.2. The molecule has 4 rings (SSSR count). The maximum absolute atomic E-state index is 14.5. The van der Waals surface area contributed by atoms with Gasteiger partial charge in [-0.1, -0.05) is 35.1 Å². The van der Waals surface area contributed by atoms with Crippen LogP contribution in [-0.4, -0.2) is 25.9 Å². The molecule has 3 aromatic rings. The van der Waals surface area contributed by atoms with Crippen molar-refractivity contribution in [2.24, 2.45) is 0 Å². The molecule has 0 atom stereocenters. The molecule has 0 bridgehead atoms. The number of rotatable bonds is 4. The Balaban J connectivity index is 1.74. The van der Waals surface area contributed by atoms with Crippen molar-refractivity contribution in [2.45, 2.75) is 31.6 Å². The van der Waals surface area contributed by atoms with Gasteiger partial charge >= 0.3 is 0 Å². The van der Waals surface area contributed by atoms with Crippen molar-refractivity contribution < 1.29 is 17.6 Å². The number of nitrogens with one attached hydrogen (secondary N) is 1. The SMILES string of the molecule is CC(=O)Nc1nc(C)c(-c2ccc3c(c2)CCCN3S(=O)(=O)c2cccc(Cl)c2F)s1. The fraction of sp³-hybridized carbons (Fsp3) is 0.238. The van der Waals surface area contributed by atoms with E-state index in [4.69, 9.17) is 11.6 Å². The fourth-order valence-corrected chi connectivity index (χ4v) is 6.49. The molecule has 1 N–H and O–H groups in total. The maximum atomic E-state index is 14.5. The number of hydrogen-bond donors (Lipinski definition) is 1. The number of hydrogen-bond acceptors (Lipinski definition) is 5. The van der Waals surface area contributed by atoms with E-state index in [-0.39, 0.29) is 17.5 Å². The molecule has 162 valence electrons. The first-order valence-corrected chi connectivity index (χ1v) is 12.2. The van der Waals surface area contributed by atoms with Crippen molar-refractivity contribution in [3.8, 4) is 10.4 Å². The molecular formula is C21H19ClFN3O3S2. The van der Waals surface area contributed by atoms with Crippen LogP contribution < -0.4 is 9.62 Å². The molecule has 10 heteroatoms. The van der Waals surface area contributed by atoms with E-state index < -0.39 is 20.7 Å². The van der Waals surface area contributed by atoms with Gasteiger partial charge in [0.05, 0.1) is 21.3 Å². The van der Waals surface area contributed by atoms with Crippen LogP contribution in [0.3, 0.4) is 0 Å². The largest absolute Gasteiger partial charge is 0.302 e. The van der Waals surface area contributed by atoms with Gasteiger partial charge in [0.1, 0.15) is 4.90 Å². The Morgan fingerprint density at radius 2 is 2.06 bits per heavy atom. The second-order valence-corrected chi connectivity index (χ2v) is 10.4. The molecule has 1 amide bonds. The second-order valence-electron chi connectivity index (χ2n) is 7.19. The Hall–Kier alpha value is -2.49. The van der Waals surface area contributed by atoms with Gasteiger partial charge in [-0.3, -0.25) is 9.10 Å². The zero-order chi connectivity index (χ0) is 22.3. The lowest BCUT2D eigenvalue weighted by Crippen LogP contribution is -2.36. The van der Waals surface area contributed by atoms with Gasteiger partial charge < -0.3 is 5.32 Å². The summed E-state index contributed by atoms with van der Waals surface area (Å²) in [5.41, 5.74) is 3.04. The highest BCUT2D eigenvalue weighted by Gasteiger charge is 2.32. The average molecular weight is 480 g/mol. The van der Waals surface area contributed by atoms with Crippen molar-refractivity contribution in [1.82, 2.24) is 4.98 Å². The quantitative estimate of drug-likeness (QED) is 0.570. The lowest BCUT2D eigenvalue weighted by Gasteiger charge is -2.31. The molecule has 0 saturated carbocycles. The molecule has 6 nitrogen and oxygen atoms in total. The summed E-state index contributed by atoms with van der Waals surface area (Å²) < 4.78 is 42.2. The van der Waals surface area contributed by atoms with Crippen LogP contribution in [-0.2, 0) is 21.2 Å². The number of sulfonamides is 1. The first-order valence-electron chi connectivity index (χ1n) is 9.53. The number of anilines is 2. The van der Waals surface area contributed by atoms with Gasteiger partial charge in [-0.15, -0.1) is 0 Å². The zero-order valence-electron chi connectivity index (χ0n) is 16.8. The van der Waals surface area contributed by atoms with E-state index in [1.807, 2.05) is 19.1 Å². The monoisotopic (exact) mass is 479 g/mol. The second kappa shape index (κ2) is 8.22. The summed E-state index contributed by atoms with van der Waals surface area (Å²) in [6, 6.07) is 9.46. The van der Waals surface area contributed by atoms with Gasteiger partial charge in [-0.2, -0.15) is 0 Å². The summed E-state index contributed by atoms with van der Waals surface area (Å²) in [5, 5.41) is 2.97. The third kappa shape index (κ3) is 4.05. The molecule has 2 aromatic carbocycles. The number of fused-ring (bicyclic) bond motifs is 1. The van der Waals surface area contributed by atoms with Crippen LogP contribution in [0.2, 0.25) is 5.02 Å². The van der Waals surface area contributed by atoms with E-state index in [1.54, 1.807) is 6.07 Å². The number of aryl methyl sites for hydroxylation is 2. The normalized spacial score (nSPS) is 13.7. The minimum Gasteiger partial charge on any atom is -0.302 e. The third-order valence-electron chi connectivity index (χ3n) is 4.98. The topological polar surface area (TPSA) is 79.4 Å². The first-order chi connectivity index (χ1) is 14.7. The van der Waals surface area contributed by atoms with Crippen LogP contribution in [0.4, 0.5) is 15.2 Å². The van der Waals surface area contributed by atoms with E-state index in [0.717, 1.165) is 21.7 Å². The van der Waals surface area contributed by atoms with Gasteiger partial charge in [-0.05, 0) is 55.2 Å². The molecule has 1 aromatic heterocycles. The van der Waals surface area contributed by atoms with Crippen LogP contribution in [0.25, 0.3) is 10.4 Å². The number of amides is 1. The molecule has 0 spiro atoms. The van der Waals surface area contributed by atoms with Gasteiger partial charge in [0, 0.05) is 13.5 Å². The molecule has 1 aliphatic heterocycles. The number of aromatic nitrogens is 1. The molecule has 2 heterocycles. The number of carbonyl (C=O) groups is 1. The smallest absolute Gasteiger partial charge is 0.267 e. The molecule has 31 heavy (non-hydrogen) atoms. The molecule has 0 saturated heterocycles. The van der Waals surface area contributed by atoms with Crippen molar-refractivity contribution in [2.75, 3.05) is 16.2 Å². The average Bonchev–Trinajstić information content (AvgIpc) is 3.08. The highest BCUT2D eigenvalue weighted by atomic mass is 35.5. The van der Waals surface area contributed by atoms with Crippen molar-refractivity contribution >= 4 is 49.7 Å². The van der Waals surface area contributed by atoms with E-state index >= 15 is 0 Å². The number of halogens is 2. The van der Waals surface area contributed by atoms with Gasteiger partial charge in [-0.25, -0.2) is 17.8 Å². The minimum absolute atomic E-state index is 0.195. The van der Waals surface area contributed by atoms with E-state index in [0.29, 0.717) is 23.7 Å². The standard InChI is InChI=1S/C21H19ClFN3O3S2/c1-12-20(30-21(24-12)25-13(2)27)15-8-9-17-14(11-15)5-4-10-26(17)31(28,29)18-7-3-6-16(22)19(18)23/h3,6-9,11H,4-5,10H2,1-2H3,(H,24,25,27). The molecule has 0 unspecified atom stereocenters. The Labute approximate surface area is 188 Å². The number of thiazole rings is 1. The third-order valence-corrected chi connectivity index (χ3v) is 8.23. The van der Waals surface area contributed by atoms with Gasteiger partial charge in [0.25, 0.3) is 10.0 Å². The van der Waals surface area contributed by atoms with Crippen molar-refractivity contribution in [3.63, 3.8) is 0 Å². The Bertz CT molecular complexity index is 1290. The van der Waals surface area contributed by atoms with Crippen molar-refractivity contribution in [3.05, 3.63) is 58.5 Å². The summed E-state index contributed by atoms with van der Waals surface area (Å²) in [5.74, 6) is -1.14. The molecule has 0 aliphatic carbocycles. The van der Waals surface area contributed by atoms with Crippen LogP contribution in [0.15, 0.2) is 41.3 Å². The first kappa shape index (κ1) is 21.7. The summed E-state index contributed by atoms with van der Waals surface area (Å²) in [7, 11) is -4.11. The molecular weight excluding hydrogens is 461 g/mol. The van der Waals surface area contributed by atoms with Crippen LogP contribution in [0.5, 0.6) is 0 Å². The highest BCUT2D eigenvalue weighted by molar-refractivity contribution is 7.92. The predicted octanol–water partition coefficient (Wildman–Crippen LogP) is 5.01.